The minimum atomic E-state index is 0.386. The molecule has 0 aromatic heterocycles. The Morgan fingerprint density at radius 3 is 3.13 bits per heavy atom. The topological polar surface area (TPSA) is 21.3 Å². The van der Waals surface area contributed by atoms with Gasteiger partial charge in [-0.05, 0) is 53.4 Å². The molecule has 82 valence electrons. The van der Waals surface area contributed by atoms with Crippen LogP contribution in [0.4, 0.5) is 5.69 Å². The first-order valence-corrected chi connectivity index (χ1v) is 6.16. The smallest absolute Gasteiger partial charge is 0.0748 e. The van der Waals surface area contributed by atoms with Gasteiger partial charge in [0.15, 0.2) is 0 Å². The van der Waals surface area contributed by atoms with Crippen molar-refractivity contribution in [2.75, 3.05) is 18.5 Å². The monoisotopic (exact) mass is 269 g/mol. The molecular weight excluding hydrogens is 254 g/mol. The Balaban J connectivity index is 1.94. The lowest BCUT2D eigenvalue weighted by Crippen LogP contribution is -2.18. The summed E-state index contributed by atoms with van der Waals surface area (Å²) in [6, 6.07) is 6.33. The highest BCUT2D eigenvalue weighted by Crippen LogP contribution is 2.24. The molecule has 1 saturated heterocycles. The Morgan fingerprint density at radius 1 is 1.53 bits per heavy atom. The van der Waals surface area contributed by atoms with Gasteiger partial charge in [0.05, 0.1) is 6.10 Å². The van der Waals surface area contributed by atoms with Crippen molar-refractivity contribution in [3.05, 3.63) is 28.2 Å². The summed E-state index contributed by atoms with van der Waals surface area (Å²) < 4.78 is 6.68. The zero-order valence-electron chi connectivity index (χ0n) is 8.92. The van der Waals surface area contributed by atoms with Gasteiger partial charge in [-0.3, -0.25) is 0 Å². The molecule has 1 aliphatic rings. The molecule has 1 aliphatic heterocycles. The zero-order chi connectivity index (χ0) is 10.7. The Morgan fingerprint density at radius 2 is 2.40 bits per heavy atom. The van der Waals surface area contributed by atoms with E-state index >= 15 is 0 Å². The van der Waals surface area contributed by atoms with E-state index in [1.807, 2.05) is 0 Å². The fourth-order valence-corrected chi connectivity index (χ4v) is 2.19. The van der Waals surface area contributed by atoms with Crippen LogP contribution in [0.2, 0.25) is 0 Å². The van der Waals surface area contributed by atoms with E-state index in [-0.39, 0.29) is 0 Å². The van der Waals surface area contributed by atoms with E-state index in [0.29, 0.717) is 6.10 Å². The second-order valence-electron chi connectivity index (χ2n) is 4.00. The van der Waals surface area contributed by atoms with Crippen LogP contribution in [0.5, 0.6) is 0 Å². The highest BCUT2D eigenvalue weighted by molar-refractivity contribution is 9.10. The molecule has 1 atom stereocenters. The highest BCUT2D eigenvalue weighted by Gasteiger charge is 2.15. The minimum Gasteiger partial charge on any atom is -0.382 e. The summed E-state index contributed by atoms with van der Waals surface area (Å²) in [5, 5.41) is 3.42. The van der Waals surface area contributed by atoms with Crippen LogP contribution in [0.15, 0.2) is 22.7 Å². The standard InChI is InChI=1S/C12H16BrNO/c1-9-4-5-11(13)12(7-9)14-8-10-3-2-6-15-10/h4-5,7,10,14H,2-3,6,8H2,1H3. The Hall–Kier alpha value is -0.540. The second-order valence-corrected chi connectivity index (χ2v) is 4.85. The molecule has 1 unspecified atom stereocenters. The fraction of sp³-hybridized carbons (Fsp3) is 0.500. The maximum Gasteiger partial charge on any atom is 0.0748 e. The Bertz CT molecular complexity index is 334. The second kappa shape index (κ2) is 4.99. The molecule has 1 N–H and O–H groups in total. The third-order valence-electron chi connectivity index (χ3n) is 2.67. The lowest BCUT2D eigenvalue weighted by atomic mass is 10.2. The normalized spacial score (nSPS) is 20.5. The number of hydrogen-bond acceptors (Lipinski definition) is 2. The number of ether oxygens (including phenoxy) is 1. The number of rotatable bonds is 3. The van der Waals surface area contributed by atoms with Gasteiger partial charge in [0, 0.05) is 23.3 Å². The SMILES string of the molecule is Cc1ccc(Br)c(NCC2CCCO2)c1. The zero-order valence-corrected chi connectivity index (χ0v) is 10.5. The van der Waals surface area contributed by atoms with Crippen LogP contribution in [0.1, 0.15) is 18.4 Å². The van der Waals surface area contributed by atoms with Crippen LogP contribution in [0.25, 0.3) is 0 Å². The van der Waals surface area contributed by atoms with Crippen LogP contribution in [0.3, 0.4) is 0 Å². The summed E-state index contributed by atoms with van der Waals surface area (Å²) in [5.74, 6) is 0. The maximum atomic E-state index is 5.57. The van der Waals surface area contributed by atoms with Gasteiger partial charge in [0.2, 0.25) is 0 Å². The summed E-state index contributed by atoms with van der Waals surface area (Å²) in [5.41, 5.74) is 2.43. The molecule has 2 rings (SSSR count). The van der Waals surface area contributed by atoms with E-state index in [4.69, 9.17) is 4.74 Å². The first-order valence-electron chi connectivity index (χ1n) is 5.37. The van der Waals surface area contributed by atoms with Crippen LogP contribution < -0.4 is 5.32 Å². The molecular formula is C12H16BrNO. The molecule has 0 bridgehead atoms. The molecule has 0 spiro atoms. The third kappa shape index (κ3) is 2.95. The van der Waals surface area contributed by atoms with Gasteiger partial charge in [0.25, 0.3) is 0 Å². The molecule has 3 heteroatoms. The average molecular weight is 270 g/mol. The molecule has 15 heavy (non-hydrogen) atoms. The predicted octanol–water partition coefficient (Wildman–Crippen LogP) is 3.35. The maximum absolute atomic E-state index is 5.57. The number of nitrogens with one attached hydrogen (secondary N) is 1. The van der Waals surface area contributed by atoms with Gasteiger partial charge >= 0.3 is 0 Å². The number of aryl methyl sites for hydroxylation is 1. The number of hydrogen-bond donors (Lipinski definition) is 1. The van der Waals surface area contributed by atoms with E-state index in [1.165, 1.54) is 18.4 Å². The predicted molar refractivity (Wildman–Crippen MR) is 66.3 cm³/mol. The molecule has 0 radical (unpaired) electrons. The van der Waals surface area contributed by atoms with Crippen molar-refractivity contribution in [2.24, 2.45) is 0 Å². The molecule has 2 nitrogen and oxygen atoms in total. The van der Waals surface area contributed by atoms with Crippen LogP contribution in [-0.2, 0) is 4.74 Å². The molecule has 0 amide bonds. The van der Waals surface area contributed by atoms with Crippen LogP contribution in [-0.4, -0.2) is 19.3 Å². The van der Waals surface area contributed by atoms with Crippen molar-refractivity contribution in [1.82, 2.24) is 0 Å². The molecule has 1 aromatic carbocycles. The van der Waals surface area contributed by atoms with Crippen molar-refractivity contribution in [3.8, 4) is 0 Å². The van der Waals surface area contributed by atoms with Crippen molar-refractivity contribution in [3.63, 3.8) is 0 Å². The number of benzene rings is 1. The van der Waals surface area contributed by atoms with Crippen molar-refractivity contribution < 1.29 is 4.74 Å². The van der Waals surface area contributed by atoms with Gasteiger partial charge in [-0.2, -0.15) is 0 Å². The van der Waals surface area contributed by atoms with E-state index in [1.54, 1.807) is 0 Å². The summed E-state index contributed by atoms with van der Waals surface area (Å²) in [6.07, 6.45) is 2.76. The Labute approximate surface area is 99.1 Å². The van der Waals surface area contributed by atoms with Crippen molar-refractivity contribution in [1.29, 1.82) is 0 Å². The van der Waals surface area contributed by atoms with Gasteiger partial charge in [0.1, 0.15) is 0 Å². The molecule has 1 heterocycles. The van der Waals surface area contributed by atoms with Gasteiger partial charge in [-0.1, -0.05) is 6.07 Å². The molecule has 1 aromatic rings. The minimum absolute atomic E-state index is 0.386. The summed E-state index contributed by atoms with van der Waals surface area (Å²) in [4.78, 5) is 0. The quantitative estimate of drug-likeness (QED) is 0.909. The first-order chi connectivity index (χ1) is 7.25. The fourth-order valence-electron chi connectivity index (χ4n) is 1.80. The lowest BCUT2D eigenvalue weighted by Gasteiger charge is -2.13. The van der Waals surface area contributed by atoms with E-state index in [2.05, 4.69) is 46.4 Å². The first kappa shape index (κ1) is 11.0. The summed E-state index contributed by atoms with van der Waals surface area (Å²) >= 11 is 3.54. The van der Waals surface area contributed by atoms with Gasteiger partial charge < -0.3 is 10.1 Å². The van der Waals surface area contributed by atoms with Crippen molar-refractivity contribution in [2.45, 2.75) is 25.9 Å². The summed E-state index contributed by atoms with van der Waals surface area (Å²) in [6.45, 7) is 3.92. The largest absolute Gasteiger partial charge is 0.382 e. The van der Waals surface area contributed by atoms with E-state index in [0.717, 1.165) is 23.3 Å². The molecule has 0 aliphatic carbocycles. The van der Waals surface area contributed by atoms with E-state index < -0.39 is 0 Å². The van der Waals surface area contributed by atoms with Crippen LogP contribution >= 0.6 is 15.9 Å². The number of halogens is 1. The van der Waals surface area contributed by atoms with Gasteiger partial charge in [-0.25, -0.2) is 0 Å². The van der Waals surface area contributed by atoms with E-state index in [9.17, 15) is 0 Å². The lowest BCUT2D eigenvalue weighted by molar-refractivity contribution is 0.120. The molecule has 1 fully saturated rings. The summed E-state index contributed by atoms with van der Waals surface area (Å²) in [7, 11) is 0. The highest BCUT2D eigenvalue weighted by atomic mass is 79.9. The van der Waals surface area contributed by atoms with Crippen molar-refractivity contribution >= 4 is 21.6 Å². The Kier molecular flexibility index (Phi) is 3.65. The third-order valence-corrected chi connectivity index (χ3v) is 3.36. The molecule has 0 saturated carbocycles. The number of anilines is 1. The average Bonchev–Trinajstić information content (AvgIpc) is 2.72. The van der Waals surface area contributed by atoms with Crippen LogP contribution in [0, 0.1) is 6.92 Å². The van der Waals surface area contributed by atoms with Gasteiger partial charge in [-0.15, -0.1) is 0 Å².